The predicted octanol–water partition coefficient (Wildman–Crippen LogP) is 1.31. The fourth-order valence-corrected chi connectivity index (χ4v) is 3.29. The number of hydrogen-bond acceptors (Lipinski definition) is 3. The molecule has 1 saturated carbocycles. The van der Waals surface area contributed by atoms with Crippen molar-refractivity contribution >= 4 is 16.0 Å². The quantitative estimate of drug-likeness (QED) is 0.874. The third-order valence-corrected chi connectivity index (χ3v) is 5.30. The van der Waals surface area contributed by atoms with Gasteiger partial charge in [0.1, 0.15) is 0 Å². The van der Waals surface area contributed by atoms with Gasteiger partial charge in [-0.2, -0.15) is 0 Å². The molecule has 1 aromatic rings. The summed E-state index contributed by atoms with van der Waals surface area (Å²) in [5.74, 6) is -0.986. The summed E-state index contributed by atoms with van der Waals surface area (Å²) in [6.07, 6.45) is 1.48. The van der Waals surface area contributed by atoms with E-state index in [9.17, 15) is 13.2 Å². The summed E-state index contributed by atoms with van der Waals surface area (Å²) in [7, 11) is -1.62. The van der Waals surface area contributed by atoms with E-state index in [4.69, 9.17) is 5.11 Å². The van der Waals surface area contributed by atoms with Gasteiger partial charge in [0, 0.05) is 13.6 Å². The van der Waals surface area contributed by atoms with Crippen LogP contribution in [0.1, 0.15) is 28.8 Å². The lowest BCUT2D eigenvalue weighted by Crippen LogP contribution is -2.29. The van der Waals surface area contributed by atoms with Crippen molar-refractivity contribution in [1.82, 2.24) is 4.31 Å². The Labute approximate surface area is 106 Å². The van der Waals surface area contributed by atoms with Crippen molar-refractivity contribution in [2.24, 2.45) is 0 Å². The highest BCUT2D eigenvalue weighted by Gasteiger charge is 2.38. The van der Waals surface area contributed by atoms with Crippen molar-refractivity contribution in [2.45, 2.75) is 24.6 Å². The van der Waals surface area contributed by atoms with E-state index >= 15 is 0 Å². The summed E-state index contributed by atoms with van der Waals surface area (Å²) < 4.78 is 25.1. The molecular formula is C12H15NO4S. The van der Waals surface area contributed by atoms with Gasteiger partial charge in [0.2, 0.25) is 10.0 Å². The zero-order valence-electron chi connectivity index (χ0n) is 10.0. The second-order valence-electron chi connectivity index (χ2n) is 4.50. The van der Waals surface area contributed by atoms with E-state index < -0.39 is 16.0 Å². The largest absolute Gasteiger partial charge is 0.478 e. The van der Waals surface area contributed by atoms with Gasteiger partial charge in [0.05, 0.1) is 10.8 Å². The first kappa shape index (κ1) is 13.0. The lowest BCUT2D eigenvalue weighted by molar-refractivity contribution is 0.0697. The van der Waals surface area contributed by atoms with E-state index in [1.165, 1.54) is 16.4 Å². The molecule has 1 aliphatic carbocycles. The van der Waals surface area contributed by atoms with Gasteiger partial charge in [-0.15, -0.1) is 0 Å². The van der Waals surface area contributed by atoms with Gasteiger partial charge in [0.25, 0.3) is 0 Å². The minimum atomic E-state index is -3.17. The summed E-state index contributed by atoms with van der Waals surface area (Å²) in [5, 5.41) is 8.54. The van der Waals surface area contributed by atoms with E-state index in [1.807, 2.05) is 0 Å². The molecule has 98 valence electrons. The van der Waals surface area contributed by atoms with Crippen LogP contribution in [0.2, 0.25) is 0 Å². The van der Waals surface area contributed by atoms with E-state index in [0.29, 0.717) is 0 Å². The first-order valence-electron chi connectivity index (χ1n) is 5.68. The summed E-state index contributed by atoms with van der Waals surface area (Å²) in [6, 6.07) is 6.25. The fourth-order valence-electron chi connectivity index (χ4n) is 1.72. The van der Waals surface area contributed by atoms with Gasteiger partial charge in [-0.25, -0.2) is 17.5 Å². The van der Waals surface area contributed by atoms with Crippen LogP contribution in [0.5, 0.6) is 0 Å². The summed E-state index contributed by atoms with van der Waals surface area (Å²) in [6.45, 7) is 0.277. The Bertz CT molecular complexity index is 546. The van der Waals surface area contributed by atoms with Crippen molar-refractivity contribution in [3.05, 3.63) is 35.4 Å². The maximum atomic E-state index is 11.9. The molecule has 1 aliphatic rings. The van der Waals surface area contributed by atoms with Crippen molar-refractivity contribution in [2.75, 3.05) is 7.05 Å². The van der Waals surface area contributed by atoms with Gasteiger partial charge >= 0.3 is 5.97 Å². The lowest BCUT2D eigenvalue weighted by Gasteiger charge is -2.16. The molecule has 0 bridgehead atoms. The number of carboxylic acid groups (broad SMARTS) is 1. The Kier molecular flexibility index (Phi) is 3.41. The van der Waals surface area contributed by atoms with Crippen LogP contribution in [0, 0.1) is 0 Å². The predicted molar refractivity (Wildman–Crippen MR) is 66.8 cm³/mol. The van der Waals surface area contributed by atoms with Crippen LogP contribution in [0.15, 0.2) is 24.3 Å². The number of carboxylic acids is 1. The minimum Gasteiger partial charge on any atom is -0.478 e. The number of nitrogens with zero attached hydrogens (tertiary/aromatic N) is 1. The molecule has 0 aromatic heterocycles. The van der Waals surface area contributed by atoms with Gasteiger partial charge in [-0.1, -0.05) is 12.1 Å². The highest BCUT2D eigenvalue weighted by atomic mass is 32.2. The van der Waals surface area contributed by atoms with E-state index in [0.717, 1.165) is 18.4 Å². The standard InChI is InChI=1S/C12H15NO4S/c1-13(18(16,17)11-6-7-11)8-9-2-4-10(5-3-9)12(14)15/h2-5,11H,6-8H2,1H3,(H,14,15). The highest BCUT2D eigenvalue weighted by molar-refractivity contribution is 7.90. The fraction of sp³-hybridized carbons (Fsp3) is 0.417. The number of rotatable bonds is 5. The maximum Gasteiger partial charge on any atom is 0.335 e. The summed E-state index contributed by atoms with van der Waals surface area (Å²) in [5.41, 5.74) is 0.984. The topological polar surface area (TPSA) is 74.7 Å². The van der Waals surface area contributed by atoms with Crippen LogP contribution in [-0.4, -0.2) is 36.1 Å². The van der Waals surface area contributed by atoms with E-state index in [2.05, 4.69) is 0 Å². The molecule has 0 heterocycles. The molecule has 5 nitrogen and oxygen atoms in total. The van der Waals surface area contributed by atoms with Crippen LogP contribution in [-0.2, 0) is 16.6 Å². The number of aromatic carboxylic acids is 1. The van der Waals surface area contributed by atoms with Gasteiger partial charge in [-0.05, 0) is 30.5 Å². The number of sulfonamides is 1. The molecule has 0 amide bonds. The molecule has 1 N–H and O–H groups in total. The molecule has 0 unspecified atom stereocenters. The van der Waals surface area contributed by atoms with Crippen LogP contribution in [0.4, 0.5) is 0 Å². The number of carbonyl (C=O) groups is 1. The third kappa shape index (κ3) is 2.70. The molecule has 1 fully saturated rings. The average Bonchev–Trinajstić information content (AvgIpc) is 3.13. The molecule has 6 heteroatoms. The first-order valence-corrected chi connectivity index (χ1v) is 7.19. The second kappa shape index (κ2) is 4.70. The van der Waals surface area contributed by atoms with Gasteiger partial charge in [0.15, 0.2) is 0 Å². The molecule has 1 aromatic carbocycles. The molecular weight excluding hydrogens is 254 g/mol. The monoisotopic (exact) mass is 269 g/mol. The van der Waals surface area contributed by atoms with Crippen LogP contribution >= 0.6 is 0 Å². The summed E-state index contributed by atoms with van der Waals surface area (Å²) in [4.78, 5) is 10.7. The lowest BCUT2D eigenvalue weighted by atomic mass is 10.1. The Balaban J connectivity index is 2.07. The smallest absolute Gasteiger partial charge is 0.335 e. The molecule has 2 rings (SSSR count). The Morgan fingerprint density at radius 3 is 2.33 bits per heavy atom. The van der Waals surface area contributed by atoms with Crippen molar-refractivity contribution in [3.63, 3.8) is 0 Å². The molecule has 0 spiro atoms. The Hall–Kier alpha value is -1.40. The molecule has 0 saturated heterocycles. The van der Waals surface area contributed by atoms with Gasteiger partial charge < -0.3 is 5.11 Å². The number of benzene rings is 1. The SMILES string of the molecule is CN(Cc1ccc(C(=O)O)cc1)S(=O)(=O)C1CC1. The Morgan fingerprint density at radius 1 is 1.33 bits per heavy atom. The first-order chi connectivity index (χ1) is 8.41. The van der Waals surface area contributed by atoms with Crippen molar-refractivity contribution in [1.29, 1.82) is 0 Å². The number of hydrogen-bond donors (Lipinski definition) is 1. The van der Waals surface area contributed by atoms with Gasteiger partial charge in [-0.3, -0.25) is 0 Å². The summed E-state index contributed by atoms with van der Waals surface area (Å²) >= 11 is 0. The normalized spacial score (nSPS) is 15.9. The molecule has 0 atom stereocenters. The molecule has 0 radical (unpaired) electrons. The van der Waals surface area contributed by atoms with E-state index in [1.54, 1.807) is 19.2 Å². The zero-order chi connectivity index (χ0) is 13.3. The average molecular weight is 269 g/mol. The van der Waals surface area contributed by atoms with E-state index in [-0.39, 0.29) is 17.4 Å². The maximum absolute atomic E-state index is 11.9. The minimum absolute atomic E-state index is 0.200. The van der Waals surface area contributed by atoms with Crippen LogP contribution < -0.4 is 0 Å². The van der Waals surface area contributed by atoms with Crippen molar-refractivity contribution in [3.8, 4) is 0 Å². The molecule has 18 heavy (non-hydrogen) atoms. The van der Waals surface area contributed by atoms with Crippen LogP contribution in [0.25, 0.3) is 0 Å². The Morgan fingerprint density at radius 2 is 1.89 bits per heavy atom. The van der Waals surface area contributed by atoms with Crippen LogP contribution in [0.3, 0.4) is 0 Å². The zero-order valence-corrected chi connectivity index (χ0v) is 10.9. The second-order valence-corrected chi connectivity index (χ2v) is 6.82. The highest BCUT2D eigenvalue weighted by Crippen LogP contribution is 2.30. The van der Waals surface area contributed by atoms with Crippen molar-refractivity contribution < 1.29 is 18.3 Å². The molecule has 0 aliphatic heterocycles. The third-order valence-electron chi connectivity index (χ3n) is 2.99.